The third-order valence-electron chi connectivity index (χ3n) is 3.24. The molecular weight excluding hydrogens is 214 g/mol. The fraction of sp³-hybridized carbons (Fsp3) is 0.923. The second kappa shape index (κ2) is 6.97. The fourth-order valence-corrected chi connectivity index (χ4v) is 1.78. The zero-order chi connectivity index (χ0) is 12.8. The zero-order valence-electron chi connectivity index (χ0n) is 11.4. The van der Waals surface area contributed by atoms with E-state index in [2.05, 4.69) is 18.7 Å². The second-order valence-electron chi connectivity index (χ2n) is 5.42. The summed E-state index contributed by atoms with van der Waals surface area (Å²) < 4.78 is 5.53. The molecule has 0 aromatic rings. The van der Waals surface area contributed by atoms with Crippen LogP contribution in [0.4, 0.5) is 0 Å². The molecule has 1 fully saturated rings. The number of hydrogen-bond acceptors (Lipinski definition) is 3. The van der Waals surface area contributed by atoms with Crippen molar-refractivity contribution >= 4 is 5.84 Å². The monoisotopic (exact) mass is 241 g/mol. The predicted molar refractivity (Wildman–Crippen MR) is 71.4 cm³/mol. The molecule has 0 aliphatic heterocycles. The Morgan fingerprint density at radius 3 is 2.47 bits per heavy atom. The van der Waals surface area contributed by atoms with E-state index in [4.69, 9.17) is 15.9 Å². The van der Waals surface area contributed by atoms with Crippen LogP contribution in [-0.2, 0) is 4.74 Å². The van der Waals surface area contributed by atoms with Crippen molar-refractivity contribution in [3.05, 3.63) is 0 Å². The maximum Gasteiger partial charge on any atom is 0.120 e. The molecular formula is C13H27N3O. The fourth-order valence-electron chi connectivity index (χ4n) is 1.78. The van der Waals surface area contributed by atoms with E-state index in [-0.39, 0.29) is 11.9 Å². The van der Waals surface area contributed by atoms with Crippen LogP contribution in [0.3, 0.4) is 0 Å². The molecule has 17 heavy (non-hydrogen) atoms. The number of nitrogens with one attached hydrogen (secondary N) is 1. The molecule has 0 bridgehead atoms. The van der Waals surface area contributed by atoms with Crippen LogP contribution < -0.4 is 5.73 Å². The highest BCUT2D eigenvalue weighted by molar-refractivity contribution is 5.81. The van der Waals surface area contributed by atoms with Crippen LogP contribution in [0.5, 0.6) is 0 Å². The number of rotatable bonds is 9. The summed E-state index contributed by atoms with van der Waals surface area (Å²) in [5, 5.41) is 7.26. The molecule has 0 saturated heterocycles. The highest BCUT2D eigenvalue weighted by Gasteiger charge is 2.28. The first-order chi connectivity index (χ1) is 8.00. The molecule has 1 unspecified atom stereocenters. The summed E-state index contributed by atoms with van der Waals surface area (Å²) in [5.41, 5.74) is 5.37. The van der Waals surface area contributed by atoms with Gasteiger partial charge in [-0.05, 0) is 38.6 Å². The molecule has 0 aromatic carbocycles. The normalized spacial score (nSPS) is 17.7. The number of amidine groups is 1. The molecule has 0 spiro atoms. The number of hydrogen-bond donors (Lipinski definition) is 2. The van der Waals surface area contributed by atoms with Gasteiger partial charge in [0.15, 0.2) is 0 Å². The predicted octanol–water partition coefficient (Wildman–Crippen LogP) is 1.84. The van der Waals surface area contributed by atoms with Gasteiger partial charge in [-0.25, -0.2) is 0 Å². The van der Waals surface area contributed by atoms with E-state index in [1.54, 1.807) is 0 Å². The highest BCUT2D eigenvalue weighted by atomic mass is 16.5. The summed E-state index contributed by atoms with van der Waals surface area (Å²) >= 11 is 0. The summed E-state index contributed by atoms with van der Waals surface area (Å²) in [5.74, 6) is 0.874. The van der Waals surface area contributed by atoms with Crippen molar-refractivity contribution in [1.29, 1.82) is 5.41 Å². The summed E-state index contributed by atoms with van der Waals surface area (Å²) in [6.07, 6.45) is 3.67. The first-order valence-electron chi connectivity index (χ1n) is 6.70. The molecule has 1 rings (SSSR count). The highest BCUT2D eigenvalue weighted by Crippen LogP contribution is 2.27. The van der Waals surface area contributed by atoms with E-state index in [0.29, 0.717) is 6.61 Å². The van der Waals surface area contributed by atoms with Gasteiger partial charge in [-0.15, -0.1) is 0 Å². The van der Waals surface area contributed by atoms with Crippen molar-refractivity contribution in [2.45, 2.75) is 52.2 Å². The van der Waals surface area contributed by atoms with Gasteiger partial charge in [-0.1, -0.05) is 13.8 Å². The Labute approximate surface area is 105 Å². The lowest BCUT2D eigenvalue weighted by Crippen LogP contribution is -2.34. The van der Waals surface area contributed by atoms with E-state index in [1.165, 1.54) is 25.8 Å². The first kappa shape index (κ1) is 14.5. The maximum absolute atomic E-state index is 7.26. The van der Waals surface area contributed by atoms with Gasteiger partial charge in [0, 0.05) is 12.6 Å². The lowest BCUT2D eigenvalue weighted by molar-refractivity contribution is 0.0794. The Balaban J connectivity index is 2.18. The standard InChI is InChI=1S/C13H27N3O/c1-10(2)6-7-16(12-4-5-12)8-9-17-11(3)13(14)15/h10-12H,4-9H2,1-3H3,(H3,14,15). The molecule has 0 amide bonds. The number of ether oxygens (including phenoxy) is 1. The Kier molecular flexibility index (Phi) is 5.92. The minimum atomic E-state index is -0.249. The van der Waals surface area contributed by atoms with Crippen LogP contribution in [-0.4, -0.2) is 42.6 Å². The maximum atomic E-state index is 7.26. The quantitative estimate of drug-likeness (QED) is 0.478. The third kappa shape index (κ3) is 6.03. The Morgan fingerprint density at radius 1 is 1.35 bits per heavy atom. The Hall–Kier alpha value is -0.610. The average molecular weight is 241 g/mol. The van der Waals surface area contributed by atoms with Crippen molar-refractivity contribution in [1.82, 2.24) is 4.90 Å². The van der Waals surface area contributed by atoms with Crippen molar-refractivity contribution < 1.29 is 4.74 Å². The van der Waals surface area contributed by atoms with Crippen molar-refractivity contribution in [3.8, 4) is 0 Å². The number of nitrogens with two attached hydrogens (primary N) is 1. The van der Waals surface area contributed by atoms with Crippen LogP contribution in [0.2, 0.25) is 0 Å². The minimum absolute atomic E-state index is 0.116. The topological polar surface area (TPSA) is 62.3 Å². The summed E-state index contributed by atoms with van der Waals surface area (Å²) in [6, 6.07) is 0.782. The lowest BCUT2D eigenvalue weighted by atomic mass is 10.1. The van der Waals surface area contributed by atoms with Gasteiger partial charge in [0.1, 0.15) is 11.9 Å². The minimum Gasteiger partial charge on any atom is -0.385 e. The van der Waals surface area contributed by atoms with Crippen LogP contribution in [0.1, 0.15) is 40.0 Å². The smallest absolute Gasteiger partial charge is 0.120 e. The van der Waals surface area contributed by atoms with Gasteiger partial charge in [0.25, 0.3) is 0 Å². The van der Waals surface area contributed by atoms with Gasteiger partial charge in [0.05, 0.1) is 6.61 Å². The van der Waals surface area contributed by atoms with E-state index >= 15 is 0 Å². The first-order valence-corrected chi connectivity index (χ1v) is 6.70. The second-order valence-corrected chi connectivity index (χ2v) is 5.42. The van der Waals surface area contributed by atoms with Crippen molar-refractivity contribution in [2.24, 2.45) is 11.7 Å². The Morgan fingerprint density at radius 2 is 2.00 bits per heavy atom. The van der Waals surface area contributed by atoms with E-state index < -0.39 is 0 Å². The van der Waals surface area contributed by atoms with Crippen molar-refractivity contribution in [2.75, 3.05) is 19.7 Å². The van der Waals surface area contributed by atoms with Crippen LogP contribution in [0.15, 0.2) is 0 Å². The van der Waals surface area contributed by atoms with Gasteiger partial charge in [0.2, 0.25) is 0 Å². The van der Waals surface area contributed by atoms with Gasteiger partial charge in [-0.2, -0.15) is 0 Å². The SMILES string of the molecule is CC(C)CCN(CCOC(C)C(=N)N)C1CC1. The van der Waals surface area contributed by atoms with Crippen LogP contribution in [0.25, 0.3) is 0 Å². The summed E-state index contributed by atoms with van der Waals surface area (Å²) in [6.45, 7) is 9.17. The third-order valence-corrected chi connectivity index (χ3v) is 3.24. The lowest BCUT2D eigenvalue weighted by Gasteiger charge is -2.23. The molecule has 3 N–H and O–H groups in total. The number of nitrogens with zero attached hydrogens (tertiary/aromatic N) is 1. The van der Waals surface area contributed by atoms with Crippen molar-refractivity contribution in [3.63, 3.8) is 0 Å². The molecule has 1 aliphatic carbocycles. The molecule has 1 aliphatic rings. The molecule has 100 valence electrons. The van der Waals surface area contributed by atoms with Crippen LogP contribution >= 0.6 is 0 Å². The molecule has 4 nitrogen and oxygen atoms in total. The molecule has 1 saturated carbocycles. The Bertz CT molecular complexity index is 239. The molecule has 0 radical (unpaired) electrons. The largest absolute Gasteiger partial charge is 0.385 e. The van der Waals surface area contributed by atoms with Crippen LogP contribution in [0, 0.1) is 11.3 Å². The van der Waals surface area contributed by atoms with Gasteiger partial charge in [-0.3, -0.25) is 10.3 Å². The van der Waals surface area contributed by atoms with E-state index in [9.17, 15) is 0 Å². The molecule has 0 heterocycles. The van der Waals surface area contributed by atoms with Gasteiger partial charge >= 0.3 is 0 Å². The van der Waals surface area contributed by atoms with E-state index in [1.807, 2.05) is 6.92 Å². The van der Waals surface area contributed by atoms with Gasteiger partial charge < -0.3 is 10.5 Å². The molecule has 0 aromatic heterocycles. The zero-order valence-corrected chi connectivity index (χ0v) is 11.4. The summed E-state index contributed by atoms with van der Waals surface area (Å²) in [4.78, 5) is 2.52. The summed E-state index contributed by atoms with van der Waals surface area (Å²) in [7, 11) is 0. The molecule has 1 atom stereocenters. The molecule has 4 heteroatoms. The van der Waals surface area contributed by atoms with E-state index in [0.717, 1.165) is 18.5 Å². The average Bonchev–Trinajstić information content (AvgIpc) is 3.05.